The molecule has 2 aromatic rings. The van der Waals surface area contributed by atoms with E-state index in [0.29, 0.717) is 30.1 Å². The minimum atomic E-state index is -0.965. The highest BCUT2D eigenvalue weighted by molar-refractivity contribution is 6.45. The highest BCUT2D eigenvalue weighted by Crippen LogP contribution is 2.65. The Bertz CT molecular complexity index is 1580. The number of rotatable bonds is 9. The molecule has 49 heavy (non-hydrogen) atoms. The lowest BCUT2D eigenvalue weighted by molar-refractivity contribution is -0.199. The summed E-state index contributed by atoms with van der Waals surface area (Å²) in [6, 6.07) is 3.45. The SMILES string of the molecule is CC(C)(C)OC(=O)Oc1c(CCB2O[C@@H]3C[C@@H]4C[C@@H](C4(C)C)[C@]3(C)O2)ccc(OC2CN(C(=O)Cn3cnnn3)C2)c1C(=O)OC(C)(C)C. The molecular weight excluding hydrogens is 633 g/mol. The van der Waals surface area contributed by atoms with Crippen LogP contribution in [0.3, 0.4) is 0 Å². The van der Waals surface area contributed by atoms with Crippen molar-refractivity contribution >= 4 is 25.2 Å². The van der Waals surface area contributed by atoms with Gasteiger partial charge in [0.15, 0.2) is 5.75 Å². The number of hydrogen-bond acceptors (Lipinski definition) is 12. The number of amides is 1. The van der Waals surface area contributed by atoms with Gasteiger partial charge in [-0.2, -0.15) is 0 Å². The molecule has 1 aromatic heterocycles. The molecule has 3 aliphatic carbocycles. The quantitative estimate of drug-likeness (QED) is 0.208. The third-order valence-electron chi connectivity index (χ3n) is 10.2. The Labute approximate surface area is 287 Å². The number of aromatic nitrogens is 4. The van der Waals surface area contributed by atoms with Gasteiger partial charge in [0.2, 0.25) is 5.91 Å². The largest absolute Gasteiger partial charge is 0.514 e. The standard InChI is InChI=1S/C34H48BN5O9/c1-31(2,3)46-29(42)27-23(44-22-16-39(17-22)26(41)18-40-19-36-37-38-40)11-10-20(28(27)45-30(43)47-32(4,5)6)12-13-35-48-25-15-21-14-24(33(21,7)8)34(25,9)49-35/h10-11,19,21-22,24-25H,12-18H2,1-9H3/t21-,24-,25+,34-/m0/s1. The number of hydrogen-bond donors (Lipinski definition) is 0. The molecule has 2 bridgehead atoms. The van der Waals surface area contributed by atoms with Crippen molar-refractivity contribution < 1.29 is 42.6 Å². The summed E-state index contributed by atoms with van der Waals surface area (Å²) < 4.78 is 37.9. The number of likely N-dealkylation sites (tertiary alicyclic amines) is 1. The molecule has 3 saturated carbocycles. The highest BCUT2D eigenvalue weighted by atomic mass is 16.7. The van der Waals surface area contributed by atoms with Crippen molar-refractivity contribution in [2.24, 2.45) is 17.3 Å². The molecule has 3 heterocycles. The summed E-state index contributed by atoms with van der Waals surface area (Å²) in [5.74, 6) is 0.326. The number of nitrogens with zero attached hydrogens (tertiary/aromatic N) is 5. The van der Waals surface area contributed by atoms with E-state index in [2.05, 4.69) is 36.3 Å². The van der Waals surface area contributed by atoms with Crippen molar-refractivity contribution in [1.82, 2.24) is 25.1 Å². The molecule has 0 N–H and O–H groups in total. The van der Waals surface area contributed by atoms with Gasteiger partial charge in [0.05, 0.1) is 24.8 Å². The zero-order valence-electron chi connectivity index (χ0n) is 30.0. The van der Waals surface area contributed by atoms with Crippen LogP contribution in [-0.2, 0) is 36.5 Å². The number of ether oxygens (including phenoxy) is 4. The lowest BCUT2D eigenvalue weighted by Crippen LogP contribution is -2.65. The van der Waals surface area contributed by atoms with Crippen molar-refractivity contribution in [3.05, 3.63) is 29.6 Å². The lowest BCUT2D eigenvalue weighted by atomic mass is 9.43. The third kappa shape index (κ3) is 7.28. The number of benzene rings is 1. The van der Waals surface area contributed by atoms with Gasteiger partial charge in [0, 0.05) is 0 Å². The Morgan fingerprint density at radius 2 is 1.73 bits per heavy atom. The normalized spacial score (nSPS) is 25.9. The molecule has 4 atom stereocenters. The predicted octanol–water partition coefficient (Wildman–Crippen LogP) is 4.50. The Morgan fingerprint density at radius 3 is 2.37 bits per heavy atom. The van der Waals surface area contributed by atoms with Crippen LogP contribution in [0.15, 0.2) is 18.5 Å². The molecule has 15 heteroatoms. The van der Waals surface area contributed by atoms with Crippen molar-refractivity contribution in [1.29, 1.82) is 0 Å². The van der Waals surface area contributed by atoms with Gasteiger partial charge >= 0.3 is 19.2 Å². The maximum atomic E-state index is 13.9. The first-order valence-electron chi connectivity index (χ1n) is 17.1. The van der Waals surface area contributed by atoms with Crippen LogP contribution in [0.25, 0.3) is 0 Å². The number of aryl methyl sites for hydroxylation is 1. The average Bonchev–Trinajstić information content (AvgIpc) is 3.58. The first kappa shape index (κ1) is 35.1. The van der Waals surface area contributed by atoms with Crippen LogP contribution in [0.2, 0.25) is 6.32 Å². The summed E-state index contributed by atoms with van der Waals surface area (Å²) in [7, 11) is -0.452. The zero-order valence-corrected chi connectivity index (χ0v) is 30.0. The fourth-order valence-corrected chi connectivity index (χ4v) is 7.63. The molecule has 266 valence electrons. The predicted molar refractivity (Wildman–Crippen MR) is 176 cm³/mol. The molecular formula is C34H48BN5O9. The number of esters is 1. The molecule has 5 aliphatic rings. The average molecular weight is 682 g/mol. The van der Waals surface area contributed by atoms with Crippen LogP contribution in [-0.4, -0.2) is 92.4 Å². The Balaban J connectivity index is 1.24. The Morgan fingerprint density at radius 1 is 1.02 bits per heavy atom. The first-order chi connectivity index (χ1) is 22.8. The minimum Gasteiger partial charge on any atom is -0.486 e. The molecule has 0 spiro atoms. The molecule has 1 aromatic carbocycles. The summed E-state index contributed by atoms with van der Waals surface area (Å²) in [6.07, 6.45) is 2.99. The fourth-order valence-electron chi connectivity index (χ4n) is 7.63. The van der Waals surface area contributed by atoms with Gasteiger partial charge in [-0.1, -0.05) is 19.9 Å². The van der Waals surface area contributed by atoms with Crippen molar-refractivity contribution in [3.8, 4) is 11.5 Å². The summed E-state index contributed by atoms with van der Waals surface area (Å²) in [5.41, 5.74) is -1.29. The van der Waals surface area contributed by atoms with Gasteiger partial charge in [-0.05, 0) is 113 Å². The molecule has 5 fully saturated rings. The maximum Gasteiger partial charge on any atom is 0.514 e. The molecule has 7 rings (SSSR count). The van der Waals surface area contributed by atoms with Crippen molar-refractivity contribution in [2.45, 2.75) is 123 Å². The van der Waals surface area contributed by atoms with Crippen LogP contribution in [0, 0.1) is 17.3 Å². The zero-order chi connectivity index (χ0) is 35.5. The van der Waals surface area contributed by atoms with E-state index in [1.54, 1.807) is 58.6 Å². The third-order valence-corrected chi connectivity index (χ3v) is 10.2. The van der Waals surface area contributed by atoms with Crippen molar-refractivity contribution in [2.75, 3.05) is 13.1 Å². The summed E-state index contributed by atoms with van der Waals surface area (Å²) >= 11 is 0. The van der Waals surface area contributed by atoms with Crippen LogP contribution in [0.5, 0.6) is 11.5 Å². The van der Waals surface area contributed by atoms with Crippen LogP contribution < -0.4 is 9.47 Å². The monoisotopic (exact) mass is 681 g/mol. The van der Waals surface area contributed by atoms with Gasteiger partial charge in [0.25, 0.3) is 0 Å². The van der Waals surface area contributed by atoms with Gasteiger partial charge in [-0.3, -0.25) is 4.79 Å². The molecule has 2 aliphatic heterocycles. The van der Waals surface area contributed by atoms with Crippen LogP contribution in [0.4, 0.5) is 4.79 Å². The molecule has 0 radical (unpaired) electrons. The van der Waals surface area contributed by atoms with E-state index in [9.17, 15) is 14.4 Å². The number of tetrazole rings is 1. The van der Waals surface area contributed by atoms with E-state index in [0.717, 1.165) is 12.8 Å². The molecule has 1 amide bonds. The number of carbonyl (C=O) groups is 3. The first-order valence-corrected chi connectivity index (χ1v) is 17.1. The smallest absolute Gasteiger partial charge is 0.486 e. The number of carbonyl (C=O) groups excluding carboxylic acids is 3. The van der Waals surface area contributed by atoms with Crippen molar-refractivity contribution in [3.63, 3.8) is 0 Å². The topological polar surface area (TPSA) is 153 Å². The fraction of sp³-hybridized carbons (Fsp3) is 0.706. The molecule has 0 unspecified atom stereocenters. The molecule has 14 nitrogen and oxygen atoms in total. The maximum absolute atomic E-state index is 13.9. The van der Waals surface area contributed by atoms with E-state index in [-0.39, 0.29) is 59.7 Å². The summed E-state index contributed by atoms with van der Waals surface area (Å²) in [5, 5.41) is 10.8. The van der Waals surface area contributed by atoms with E-state index in [4.69, 9.17) is 28.3 Å². The second-order valence-electron chi connectivity index (χ2n) is 16.5. The second kappa shape index (κ2) is 12.6. The Kier molecular flexibility index (Phi) is 9.00. The van der Waals surface area contributed by atoms with E-state index in [1.807, 2.05) is 0 Å². The van der Waals surface area contributed by atoms with E-state index < -0.39 is 36.5 Å². The van der Waals surface area contributed by atoms with Crippen LogP contribution >= 0.6 is 0 Å². The van der Waals surface area contributed by atoms with Crippen LogP contribution in [0.1, 0.15) is 91.1 Å². The van der Waals surface area contributed by atoms with Gasteiger partial charge in [-0.25, -0.2) is 14.3 Å². The van der Waals surface area contributed by atoms with E-state index >= 15 is 0 Å². The lowest BCUT2D eigenvalue weighted by Gasteiger charge is -2.64. The van der Waals surface area contributed by atoms with E-state index in [1.165, 1.54) is 11.0 Å². The van der Waals surface area contributed by atoms with Gasteiger partial charge < -0.3 is 33.2 Å². The minimum absolute atomic E-state index is 0.00122. The van der Waals surface area contributed by atoms with Gasteiger partial charge in [0.1, 0.15) is 41.5 Å². The van der Waals surface area contributed by atoms with Gasteiger partial charge in [-0.15, -0.1) is 5.10 Å². The highest BCUT2D eigenvalue weighted by Gasteiger charge is 2.67. The Hall–Kier alpha value is -3.72. The second-order valence-corrected chi connectivity index (χ2v) is 16.5. The molecule has 2 saturated heterocycles. The summed E-state index contributed by atoms with van der Waals surface area (Å²) in [6.45, 7) is 17.8. The summed E-state index contributed by atoms with van der Waals surface area (Å²) in [4.78, 5) is 41.3.